The molecule has 0 fully saturated rings. The molecule has 1 unspecified atom stereocenters. The van der Waals surface area contributed by atoms with Crippen LogP contribution in [0.1, 0.15) is 33.6 Å². The van der Waals surface area contributed by atoms with E-state index in [4.69, 9.17) is 5.73 Å². The summed E-state index contributed by atoms with van der Waals surface area (Å²) < 4.78 is 48.2. The molecular weight excluding hydrogens is 372 g/mol. The second kappa shape index (κ2) is 7.94. The number of nitrogens with two attached hydrogens (primary N) is 1. The molecule has 1 rings (SSSR count). The molecule has 0 bridgehead atoms. The molecule has 0 aromatic heterocycles. The minimum Gasteiger partial charge on any atom is -0.368 e. The molecule has 0 aliphatic rings. The minimum absolute atomic E-state index is 0.115. The fraction of sp³-hybridized carbons (Fsp3) is 0.533. The van der Waals surface area contributed by atoms with E-state index in [-0.39, 0.29) is 17.5 Å². The maximum absolute atomic E-state index is 12.6. The molecule has 0 radical (unpaired) electrons. The summed E-state index contributed by atoms with van der Waals surface area (Å²) in [5.41, 5.74) is 4.28. The number of nitro groups is 1. The molecule has 0 saturated carbocycles. The van der Waals surface area contributed by atoms with Crippen molar-refractivity contribution in [1.29, 1.82) is 0 Å². The van der Waals surface area contributed by atoms with E-state index in [1.165, 1.54) is 0 Å². The van der Waals surface area contributed by atoms with Crippen molar-refractivity contribution >= 4 is 27.1 Å². The molecule has 3 N–H and O–H groups in total. The lowest BCUT2D eigenvalue weighted by Gasteiger charge is -2.22. The number of anilines is 1. The second-order valence-corrected chi connectivity index (χ2v) is 8.86. The zero-order chi connectivity index (χ0) is 20.3. The van der Waals surface area contributed by atoms with Crippen LogP contribution >= 0.6 is 0 Å². The fourth-order valence-electron chi connectivity index (χ4n) is 2.12. The van der Waals surface area contributed by atoms with Crippen molar-refractivity contribution in [2.45, 2.75) is 50.3 Å². The van der Waals surface area contributed by atoms with Crippen LogP contribution in [-0.2, 0) is 14.6 Å². The molecule has 8 nitrogen and oxygen atoms in total. The number of benzene rings is 1. The average Bonchev–Trinajstić information content (AvgIpc) is 2.49. The molecule has 1 atom stereocenters. The molecule has 26 heavy (non-hydrogen) atoms. The number of primary amides is 1. The summed E-state index contributed by atoms with van der Waals surface area (Å²) in [6.45, 7) is 5.83. The van der Waals surface area contributed by atoms with Crippen molar-refractivity contribution in [2.24, 2.45) is 11.1 Å². The Bertz CT molecular complexity index is 791. The van der Waals surface area contributed by atoms with Gasteiger partial charge in [-0.1, -0.05) is 20.8 Å². The minimum atomic E-state index is -4.98. The molecule has 1 aromatic carbocycles. The Morgan fingerprint density at radius 3 is 2.35 bits per heavy atom. The largest absolute Gasteiger partial charge is 0.368 e. The van der Waals surface area contributed by atoms with Gasteiger partial charge in [-0.25, -0.2) is 8.42 Å². The van der Waals surface area contributed by atoms with Crippen molar-refractivity contribution in [3.8, 4) is 0 Å². The van der Waals surface area contributed by atoms with E-state index < -0.39 is 43.0 Å². The van der Waals surface area contributed by atoms with Gasteiger partial charge in [0.15, 0.2) is 0 Å². The molecule has 11 heteroatoms. The van der Waals surface area contributed by atoms with Crippen LogP contribution in [0.3, 0.4) is 0 Å². The van der Waals surface area contributed by atoms with Gasteiger partial charge in [0.2, 0.25) is 15.7 Å². The fourth-order valence-corrected chi connectivity index (χ4v) is 2.85. The third-order valence-electron chi connectivity index (χ3n) is 3.59. The van der Waals surface area contributed by atoms with E-state index in [1.807, 2.05) is 20.8 Å². The SMILES string of the molecule is CC(C)(C)CCC(Nc1ccc(S(=O)(=O)C(F)F)cc1[N+](=O)[O-])C(N)=O. The Hall–Kier alpha value is -2.30. The highest BCUT2D eigenvalue weighted by Gasteiger charge is 2.30. The summed E-state index contributed by atoms with van der Waals surface area (Å²) in [4.78, 5) is 21.0. The first-order valence-corrected chi connectivity index (χ1v) is 9.16. The van der Waals surface area contributed by atoms with Crippen molar-refractivity contribution in [1.82, 2.24) is 0 Å². The molecule has 146 valence electrons. The number of nitro benzene ring substituents is 1. The van der Waals surface area contributed by atoms with Crippen LogP contribution < -0.4 is 11.1 Å². The van der Waals surface area contributed by atoms with E-state index in [9.17, 15) is 32.1 Å². The summed E-state index contributed by atoms with van der Waals surface area (Å²) in [6.07, 6.45) is 0.867. The molecule has 0 aliphatic heterocycles. The summed E-state index contributed by atoms with van der Waals surface area (Å²) in [5, 5.41) is 13.8. The Morgan fingerprint density at radius 2 is 1.92 bits per heavy atom. The van der Waals surface area contributed by atoms with Crippen LogP contribution in [0.15, 0.2) is 23.1 Å². The predicted octanol–water partition coefficient (Wildman–Crippen LogP) is 2.68. The Morgan fingerprint density at radius 1 is 1.35 bits per heavy atom. The lowest BCUT2D eigenvalue weighted by molar-refractivity contribution is -0.384. The highest BCUT2D eigenvalue weighted by molar-refractivity contribution is 7.91. The third kappa shape index (κ3) is 5.61. The number of carbonyl (C=O) groups is 1. The van der Waals surface area contributed by atoms with Gasteiger partial charge >= 0.3 is 5.76 Å². The molecular formula is C15H21F2N3O5S. The van der Waals surface area contributed by atoms with E-state index in [0.29, 0.717) is 12.5 Å². The first-order valence-electron chi connectivity index (χ1n) is 7.62. The number of rotatable bonds is 8. The van der Waals surface area contributed by atoms with Gasteiger partial charge in [-0.05, 0) is 30.4 Å². The summed E-state index contributed by atoms with van der Waals surface area (Å²) >= 11 is 0. The van der Waals surface area contributed by atoms with Crippen LogP contribution in [0.4, 0.5) is 20.2 Å². The highest BCUT2D eigenvalue weighted by Crippen LogP contribution is 2.31. The number of carbonyl (C=O) groups excluding carboxylic acids is 1. The van der Waals surface area contributed by atoms with Crippen LogP contribution in [0.2, 0.25) is 0 Å². The Kier molecular flexibility index (Phi) is 6.64. The number of nitrogens with one attached hydrogen (secondary N) is 1. The topological polar surface area (TPSA) is 132 Å². The Labute approximate surface area is 149 Å². The third-order valence-corrected chi connectivity index (χ3v) is 4.97. The van der Waals surface area contributed by atoms with Crippen LogP contribution in [0.25, 0.3) is 0 Å². The molecule has 1 amide bonds. The molecule has 0 heterocycles. The maximum Gasteiger partial charge on any atom is 0.341 e. The first kappa shape index (κ1) is 21.7. The van der Waals surface area contributed by atoms with Crippen molar-refractivity contribution in [3.63, 3.8) is 0 Å². The van der Waals surface area contributed by atoms with Gasteiger partial charge < -0.3 is 11.1 Å². The molecule has 0 saturated heterocycles. The smallest absolute Gasteiger partial charge is 0.341 e. The van der Waals surface area contributed by atoms with Crippen LogP contribution in [0, 0.1) is 15.5 Å². The maximum atomic E-state index is 12.6. The Balaban J connectivity index is 3.23. The van der Waals surface area contributed by atoms with Gasteiger partial charge in [0.1, 0.15) is 11.7 Å². The van der Waals surface area contributed by atoms with E-state index in [0.717, 1.165) is 12.1 Å². The van der Waals surface area contributed by atoms with Crippen molar-refractivity contribution in [3.05, 3.63) is 28.3 Å². The lowest BCUT2D eigenvalue weighted by Crippen LogP contribution is -2.36. The number of halogens is 2. The highest BCUT2D eigenvalue weighted by atomic mass is 32.2. The van der Waals surface area contributed by atoms with E-state index in [1.54, 1.807) is 0 Å². The van der Waals surface area contributed by atoms with Gasteiger partial charge in [-0.2, -0.15) is 8.78 Å². The number of hydrogen-bond donors (Lipinski definition) is 2. The monoisotopic (exact) mass is 393 g/mol. The summed E-state index contributed by atoms with van der Waals surface area (Å²) in [6, 6.07) is 1.38. The number of alkyl halides is 2. The predicted molar refractivity (Wildman–Crippen MR) is 91.6 cm³/mol. The standard InChI is InChI=1S/C15H21F2N3O5S/c1-15(2,3)7-6-11(13(18)21)19-10-5-4-9(8-12(10)20(22)23)26(24,25)14(16)17/h4-5,8,11,14,19H,6-7H2,1-3H3,(H2,18,21). The molecule has 1 aromatic rings. The van der Waals surface area contributed by atoms with Crippen LogP contribution in [0.5, 0.6) is 0 Å². The number of hydrogen-bond acceptors (Lipinski definition) is 6. The van der Waals surface area contributed by atoms with Gasteiger partial charge in [-0.15, -0.1) is 0 Å². The zero-order valence-electron chi connectivity index (χ0n) is 14.5. The first-order chi connectivity index (χ1) is 11.8. The van der Waals surface area contributed by atoms with Gasteiger partial charge in [0.25, 0.3) is 5.69 Å². The molecule has 0 aliphatic carbocycles. The number of amides is 1. The summed E-state index contributed by atoms with van der Waals surface area (Å²) in [5.74, 6) is -4.45. The van der Waals surface area contributed by atoms with Gasteiger partial charge in [0, 0.05) is 6.07 Å². The van der Waals surface area contributed by atoms with Crippen LogP contribution in [-0.4, -0.2) is 31.0 Å². The number of nitrogens with zero attached hydrogens (tertiary/aromatic N) is 1. The average molecular weight is 393 g/mol. The zero-order valence-corrected chi connectivity index (χ0v) is 15.3. The molecule has 0 spiro atoms. The normalized spacial score (nSPS) is 13.5. The lowest BCUT2D eigenvalue weighted by atomic mass is 9.88. The van der Waals surface area contributed by atoms with E-state index >= 15 is 0 Å². The quantitative estimate of drug-likeness (QED) is 0.515. The second-order valence-electron chi connectivity index (χ2n) is 6.94. The van der Waals surface area contributed by atoms with Crippen molar-refractivity contribution < 1.29 is 26.9 Å². The van der Waals surface area contributed by atoms with E-state index in [2.05, 4.69) is 5.32 Å². The van der Waals surface area contributed by atoms with Crippen molar-refractivity contribution in [2.75, 3.05) is 5.32 Å². The number of sulfone groups is 1. The summed E-state index contributed by atoms with van der Waals surface area (Å²) in [7, 11) is -4.98. The van der Waals surface area contributed by atoms with Gasteiger partial charge in [-0.3, -0.25) is 14.9 Å². The van der Waals surface area contributed by atoms with Gasteiger partial charge in [0.05, 0.1) is 9.82 Å².